The minimum atomic E-state index is 0.577. The molecule has 2 aromatic carbocycles. The molecule has 0 saturated heterocycles. The molecule has 0 amide bonds. The monoisotopic (exact) mass is 444 g/mol. The molecular formula is C22H26Cl2N6. The van der Waals surface area contributed by atoms with Crippen molar-refractivity contribution >= 4 is 34.6 Å². The van der Waals surface area contributed by atoms with Gasteiger partial charge in [0.25, 0.3) is 0 Å². The van der Waals surface area contributed by atoms with Crippen molar-refractivity contribution in [2.24, 2.45) is 20.7 Å². The van der Waals surface area contributed by atoms with Gasteiger partial charge in [-0.3, -0.25) is 10.0 Å². The fraction of sp³-hybridized carbons (Fsp3) is 0.364. The summed E-state index contributed by atoms with van der Waals surface area (Å²) in [5.74, 6) is 6.27. The van der Waals surface area contributed by atoms with E-state index in [4.69, 9.17) is 23.2 Å². The van der Waals surface area contributed by atoms with E-state index >= 15 is 0 Å². The largest absolute Gasteiger partial charge is 0.279 e. The molecule has 158 valence electrons. The Balaban J connectivity index is 2.42. The number of hydrogen-bond acceptors (Lipinski definition) is 4. The summed E-state index contributed by atoms with van der Waals surface area (Å²) >= 11 is 12.4. The van der Waals surface area contributed by atoms with E-state index in [0.717, 1.165) is 26.2 Å². The van der Waals surface area contributed by atoms with Crippen LogP contribution in [-0.2, 0) is 0 Å². The second-order valence-electron chi connectivity index (χ2n) is 6.23. The molecule has 0 saturated carbocycles. The predicted octanol–water partition coefficient (Wildman–Crippen LogP) is 7.07. The van der Waals surface area contributed by atoms with Gasteiger partial charge in [0, 0.05) is 36.2 Å². The van der Waals surface area contributed by atoms with Gasteiger partial charge < -0.3 is 0 Å². The number of rotatable bonds is 8. The Kier molecular flexibility index (Phi) is 9.59. The fourth-order valence-electron chi connectivity index (χ4n) is 2.45. The van der Waals surface area contributed by atoms with Crippen LogP contribution in [0.25, 0.3) is 0 Å². The highest BCUT2D eigenvalue weighted by atomic mass is 35.5. The molecule has 0 N–H and O–H groups in total. The Labute approximate surface area is 188 Å². The number of benzene rings is 2. The zero-order valence-corrected chi connectivity index (χ0v) is 19.2. The lowest BCUT2D eigenvalue weighted by Gasteiger charge is -2.11. The van der Waals surface area contributed by atoms with Gasteiger partial charge >= 0.3 is 0 Å². The molecule has 6 nitrogen and oxygen atoms in total. The van der Waals surface area contributed by atoms with Crippen molar-refractivity contribution in [2.45, 2.75) is 27.7 Å². The third-order valence-corrected chi connectivity index (χ3v) is 4.74. The van der Waals surface area contributed by atoms with Gasteiger partial charge in [-0.25, -0.2) is 0 Å². The summed E-state index contributed by atoms with van der Waals surface area (Å²) < 4.78 is 0. The summed E-state index contributed by atoms with van der Waals surface area (Å²) in [6, 6.07) is 10.7. The van der Waals surface area contributed by atoms with Crippen LogP contribution in [0.5, 0.6) is 0 Å². The van der Waals surface area contributed by atoms with E-state index in [1.807, 2.05) is 37.7 Å². The molecule has 0 aliphatic heterocycles. The lowest BCUT2D eigenvalue weighted by atomic mass is 10.1. The third-order valence-electron chi connectivity index (χ3n) is 4.27. The van der Waals surface area contributed by atoms with Crippen molar-refractivity contribution in [2.75, 3.05) is 26.2 Å². The maximum Gasteiger partial charge on any atom is 0.103 e. The first-order chi connectivity index (χ1) is 14.5. The van der Waals surface area contributed by atoms with Crippen molar-refractivity contribution in [3.05, 3.63) is 57.6 Å². The van der Waals surface area contributed by atoms with Crippen LogP contribution in [0.2, 0.25) is 10.0 Å². The molecule has 0 spiro atoms. The minimum Gasteiger partial charge on any atom is -0.279 e. The van der Waals surface area contributed by atoms with Gasteiger partial charge in [0.15, 0.2) is 0 Å². The van der Waals surface area contributed by atoms with Crippen molar-refractivity contribution in [1.82, 2.24) is 10.0 Å². The highest BCUT2D eigenvalue weighted by Crippen LogP contribution is 2.26. The lowest BCUT2D eigenvalue weighted by Crippen LogP contribution is -2.14. The van der Waals surface area contributed by atoms with Gasteiger partial charge in [-0.15, -0.1) is 10.2 Å². The first-order valence-corrected chi connectivity index (χ1v) is 10.7. The Morgan fingerprint density at radius 2 is 1.03 bits per heavy atom. The molecule has 0 fully saturated rings. The lowest BCUT2D eigenvalue weighted by molar-refractivity contribution is 0.300. The zero-order valence-electron chi connectivity index (χ0n) is 17.7. The second kappa shape index (κ2) is 12.2. The summed E-state index contributed by atoms with van der Waals surface area (Å²) in [6.07, 6.45) is 0. The van der Waals surface area contributed by atoms with Crippen LogP contribution in [0.4, 0.5) is 11.4 Å². The summed E-state index contributed by atoms with van der Waals surface area (Å²) in [5.41, 5.74) is 2.63. The maximum absolute atomic E-state index is 6.18. The van der Waals surface area contributed by atoms with Crippen LogP contribution in [0.3, 0.4) is 0 Å². The molecule has 0 bridgehead atoms. The molecule has 30 heavy (non-hydrogen) atoms. The summed E-state index contributed by atoms with van der Waals surface area (Å²) in [5, 5.41) is 22.1. The molecule has 2 rings (SSSR count). The average Bonchev–Trinajstić information content (AvgIpc) is 2.75. The Morgan fingerprint density at radius 1 is 0.667 bits per heavy atom. The first-order valence-electron chi connectivity index (χ1n) is 9.94. The molecule has 0 atom stereocenters. The fourth-order valence-corrected chi connectivity index (χ4v) is 2.79. The van der Waals surface area contributed by atoms with E-state index in [-0.39, 0.29) is 0 Å². The van der Waals surface area contributed by atoms with E-state index in [1.165, 1.54) is 0 Å². The van der Waals surface area contributed by atoms with E-state index in [1.54, 1.807) is 36.4 Å². The third kappa shape index (κ3) is 7.01. The van der Waals surface area contributed by atoms with Gasteiger partial charge in [-0.1, -0.05) is 45.5 Å². The summed E-state index contributed by atoms with van der Waals surface area (Å²) in [7, 11) is 0. The molecule has 0 heterocycles. The van der Waals surface area contributed by atoms with Gasteiger partial charge in [0.2, 0.25) is 0 Å². The molecule has 0 unspecified atom stereocenters. The van der Waals surface area contributed by atoms with Crippen LogP contribution < -0.4 is 0 Å². The molecule has 8 heteroatoms. The standard InChI is InChI=1S/C22H26Cl2N6/c1-5-29(6-2)27-25-21-13-11-19(23)15-17(21)9-10-18-16-20(24)12-14-22(18)26-28-30(7-3)8-4/h11-16H,5-8H2,1-4H3. The predicted molar refractivity (Wildman–Crippen MR) is 124 cm³/mol. The van der Waals surface area contributed by atoms with Crippen LogP contribution in [0.15, 0.2) is 57.1 Å². The van der Waals surface area contributed by atoms with Crippen LogP contribution >= 0.6 is 23.2 Å². The van der Waals surface area contributed by atoms with Crippen molar-refractivity contribution in [3.8, 4) is 11.8 Å². The van der Waals surface area contributed by atoms with Gasteiger partial charge in [-0.2, -0.15) is 0 Å². The van der Waals surface area contributed by atoms with E-state index in [2.05, 4.69) is 32.5 Å². The molecule has 0 aromatic heterocycles. The van der Waals surface area contributed by atoms with Crippen LogP contribution in [-0.4, -0.2) is 36.2 Å². The zero-order chi connectivity index (χ0) is 21.9. The molecule has 0 aliphatic rings. The normalized spacial score (nSPS) is 11.0. The van der Waals surface area contributed by atoms with E-state index in [9.17, 15) is 0 Å². The van der Waals surface area contributed by atoms with Crippen LogP contribution in [0, 0.1) is 11.8 Å². The molecular weight excluding hydrogens is 419 g/mol. The maximum atomic E-state index is 6.18. The molecule has 0 radical (unpaired) electrons. The molecule has 2 aromatic rings. The van der Waals surface area contributed by atoms with Gasteiger partial charge in [0.1, 0.15) is 11.4 Å². The number of halogens is 2. The Morgan fingerprint density at radius 3 is 1.37 bits per heavy atom. The average molecular weight is 445 g/mol. The first kappa shape index (κ1) is 23.7. The van der Waals surface area contributed by atoms with Crippen molar-refractivity contribution < 1.29 is 0 Å². The highest BCUT2D eigenvalue weighted by Gasteiger charge is 2.04. The van der Waals surface area contributed by atoms with Gasteiger partial charge in [0.05, 0.1) is 11.1 Å². The van der Waals surface area contributed by atoms with Gasteiger partial charge in [-0.05, 0) is 64.1 Å². The summed E-state index contributed by atoms with van der Waals surface area (Å²) in [4.78, 5) is 0. The summed E-state index contributed by atoms with van der Waals surface area (Å²) in [6.45, 7) is 11.2. The van der Waals surface area contributed by atoms with Crippen molar-refractivity contribution in [3.63, 3.8) is 0 Å². The Hall–Kier alpha value is -2.62. The smallest absolute Gasteiger partial charge is 0.103 e. The molecule has 0 aliphatic carbocycles. The highest BCUT2D eigenvalue weighted by molar-refractivity contribution is 6.31. The van der Waals surface area contributed by atoms with Crippen molar-refractivity contribution in [1.29, 1.82) is 0 Å². The quantitative estimate of drug-likeness (QED) is 0.248. The minimum absolute atomic E-state index is 0.577. The van der Waals surface area contributed by atoms with E-state index < -0.39 is 0 Å². The number of hydrogen-bond donors (Lipinski definition) is 0. The second-order valence-corrected chi connectivity index (χ2v) is 7.10. The van der Waals surface area contributed by atoms with E-state index in [0.29, 0.717) is 32.5 Å². The Bertz CT molecular complexity index is 878. The van der Waals surface area contributed by atoms with Crippen LogP contribution in [0.1, 0.15) is 38.8 Å². The topological polar surface area (TPSA) is 55.9 Å². The SMILES string of the molecule is CCN(CC)N=Nc1ccc(Cl)cc1C#Cc1cc(Cl)ccc1N=NN(CC)CC. The number of nitrogens with zero attached hydrogens (tertiary/aromatic N) is 6.